The lowest BCUT2D eigenvalue weighted by Crippen LogP contribution is -2.34. The predicted octanol–water partition coefficient (Wildman–Crippen LogP) is 3.85. The molecular formula is C23H27FN2O3. The number of nitrogens with one attached hydrogen (secondary N) is 1. The molecule has 0 radical (unpaired) electrons. The van der Waals surface area contributed by atoms with Crippen LogP contribution in [0.2, 0.25) is 0 Å². The lowest BCUT2D eigenvalue weighted by Gasteiger charge is -2.26. The normalized spacial score (nSPS) is 15.4. The van der Waals surface area contributed by atoms with E-state index in [-0.39, 0.29) is 17.8 Å². The van der Waals surface area contributed by atoms with Crippen molar-refractivity contribution >= 4 is 5.91 Å². The van der Waals surface area contributed by atoms with Gasteiger partial charge in [-0.15, -0.1) is 0 Å². The van der Waals surface area contributed by atoms with Gasteiger partial charge in [0, 0.05) is 25.2 Å². The number of benzene rings is 2. The third-order valence-corrected chi connectivity index (χ3v) is 5.16. The van der Waals surface area contributed by atoms with Crippen molar-refractivity contribution in [2.45, 2.75) is 25.9 Å². The molecule has 1 amide bonds. The van der Waals surface area contributed by atoms with E-state index in [2.05, 4.69) is 10.2 Å². The zero-order valence-electron chi connectivity index (χ0n) is 17.1. The number of nitrogens with zero attached hydrogens (tertiary/aromatic N) is 1. The van der Waals surface area contributed by atoms with Crippen LogP contribution in [0.1, 0.15) is 30.5 Å². The van der Waals surface area contributed by atoms with Crippen molar-refractivity contribution < 1.29 is 18.7 Å². The van der Waals surface area contributed by atoms with E-state index in [1.807, 2.05) is 31.2 Å². The van der Waals surface area contributed by atoms with Crippen molar-refractivity contribution in [1.82, 2.24) is 10.2 Å². The number of ether oxygens (including phenoxy) is 2. The maximum absolute atomic E-state index is 13.0. The van der Waals surface area contributed by atoms with Gasteiger partial charge in [0.15, 0.2) is 11.5 Å². The first-order valence-electron chi connectivity index (χ1n) is 9.68. The fourth-order valence-electron chi connectivity index (χ4n) is 3.40. The minimum Gasteiger partial charge on any atom is -0.493 e. The van der Waals surface area contributed by atoms with Gasteiger partial charge in [-0.1, -0.05) is 24.3 Å². The summed E-state index contributed by atoms with van der Waals surface area (Å²) in [5.41, 5.74) is 2.81. The van der Waals surface area contributed by atoms with Crippen LogP contribution in [-0.2, 0) is 11.3 Å². The molecule has 1 aliphatic heterocycles. The largest absolute Gasteiger partial charge is 0.493 e. The molecule has 154 valence electrons. The lowest BCUT2D eigenvalue weighted by molar-refractivity contribution is -0.118. The van der Waals surface area contributed by atoms with E-state index in [0.29, 0.717) is 24.5 Å². The predicted molar refractivity (Wildman–Crippen MR) is 110 cm³/mol. The summed E-state index contributed by atoms with van der Waals surface area (Å²) in [5.74, 6) is 1.02. The van der Waals surface area contributed by atoms with E-state index in [0.717, 1.165) is 29.8 Å². The number of carbonyl (C=O) groups excluding carboxylic acids is 1. The first-order valence-corrected chi connectivity index (χ1v) is 9.68. The van der Waals surface area contributed by atoms with E-state index >= 15 is 0 Å². The molecule has 2 aromatic carbocycles. The number of methoxy groups -OCH3 is 2. The second-order valence-corrected chi connectivity index (χ2v) is 7.15. The average molecular weight is 398 g/mol. The Labute approximate surface area is 171 Å². The highest BCUT2D eigenvalue weighted by atomic mass is 19.1. The molecule has 1 N–H and O–H groups in total. The van der Waals surface area contributed by atoms with E-state index in [1.54, 1.807) is 26.4 Å². The first kappa shape index (κ1) is 20.9. The van der Waals surface area contributed by atoms with Crippen LogP contribution in [-0.4, -0.2) is 38.1 Å². The Morgan fingerprint density at radius 3 is 2.48 bits per heavy atom. The fourth-order valence-corrected chi connectivity index (χ4v) is 3.40. The summed E-state index contributed by atoms with van der Waals surface area (Å²) in [6.07, 6.45) is 2.66. The Kier molecular flexibility index (Phi) is 6.88. The second kappa shape index (κ2) is 9.56. The molecule has 29 heavy (non-hydrogen) atoms. The highest BCUT2D eigenvalue weighted by molar-refractivity contribution is 5.93. The zero-order valence-corrected chi connectivity index (χ0v) is 17.1. The molecule has 1 atom stereocenters. The van der Waals surface area contributed by atoms with Gasteiger partial charge in [-0.05, 0) is 48.7 Å². The Morgan fingerprint density at radius 1 is 1.14 bits per heavy atom. The van der Waals surface area contributed by atoms with Gasteiger partial charge in [-0.3, -0.25) is 9.69 Å². The van der Waals surface area contributed by atoms with Crippen molar-refractivity contribution in [2.75, 3.05) is 27.3 Å². The minimum atomic E-state index is -0.227. The molecule has 0 unspecified atom stereocenters. The van der Waals surface area contributed by atoms with Crippen LogP contribution in [0, 0.1) is 5.82 Å². The van der Waals surface area contributed by atoms with Crippen LogP contribution in [0.5, 0.6) is 11.5 Å². The number of amides is 1. The topological polar surface area (TPSA) is 50.8 Å². The summed E-state index contributed by atoms with van der Waals surface area (Å²) in [6, 6.07) is 12.0. The Bertz CT molecular complexity index is 880. The molecular weight excluding hydrogens is 371 g/mol. The number of carbonyl (C=O) groups is 1. The molecule has 0 aliphatic carbocycles. The molecule has 0 aromatic heterocycles. The molecule has 0 fully saturated rings. The van der Waals surface area contributed by atoms with Crippen molar-refractivity contribution in [2.24, 2.45) is 0 Å². The van der Waals surface area contributed by atoms with E-state index in [4.69, 9.17) is 9.47 Å². The van der Waals surface area contributed by atoms with Gasteiger partial charge in [-0.25, -0.2) is 4.39 Å². The molecule has 5 nitrogen and oxygen atoms in total. The molecule has 1 heterocycles. The molecule has 0 saturated carbocycles. The van der Waals surface area contributed by atoms with E-state index in [9.17, 15) is 9.18 Å². The van der Waals surface area contributed by atoms with Gasteiger partial charge in [0.2, 0.25) is 5.91 Å². The SMILES string of the molecule is COc1ccc([C@H](C)NC(=O)C2=CCN(Cc3ccc(F)cc3)CC2)cc1OC. The summed E-state index contributed by atoms with van der Waals surface area (Å²) in [5, 5.41) is 3.06. The van der Waals surface area contributed by atoms with Crippen LogP contribution in [0.25, 0.3) is 0 Å². The third-order valence-electron chi connectivity index (χ3n) is 5.16. The summed E-state index contributed by atoms with van der Waals surface area (Å²) in [4.78, 5) is 14.9. The van der Waals surface area contributed by atoms with Crippen LogP contribution in [0.4, 0.5) is 4.39 Å². The molecule has 3 rings (SSSR count). The lowest BCUT2D eigenvalue weighted by atomic mass is 10.0. The van der Waals surface area contributed by atoms with Crippen LogP contribution < -0.4 is 14.8 Å². The van der Waals surface area contributed by atoms with Gasteiger partial charge < -0.3 is 14.8 Å². The zero-order chi connectivity index (χ0) is 20.8. The summed E-state index contributed by atoms with van der Waals surface area (Å²) >= 11 is 0. The number of hydrogen-bond donors (Lipinski definition) is 1. The van der Waals surface area contributed by atoms with Crippen LogP contribution in [0.3, 0.4) is 0 Å². The Balaban J connectivity index is 1.57. The maximum atomic E-state index is 13.0. The van der Waals surface area contributed by atoms with Crippen LogP contribution in [0.15, 0.2) is 54.1 Å². The molecule has 0 bridgehead atoms. The van der Waals surface area contributed by atoms with Crippen molar-refractivity contribution in [3.8, 4) is 11.5 Å². The third kappa shape index (κ3) is 5.35. The van der Waals surface area contributed by atoms with Gasteiger partial charge in [-0.2, -0.15) is 0 Å². The summed E-state index contributed by atoms with van der Waals surface area (Å²) in [7, 11) is 3.19. The monoisotopic (exact) mass is 398 g/mol. The number of hydrogen-bond acceptors (Lipinski definition) is 4. The van der Waals surface area contributed by atoms with E-state index < -0.39 is 0 Å². The second-order valence-electron chi connectivity index (χ2n) is 7.15. The summed E-state index contributed by atoms with van der Waals surface area (Å²) < 4.78 is 23.6. The molecule has 1 aliphatic rings. The summed E-state index contributed by atoms with van der Waals surface area (Å²) in [6.45, 7) is 4.18. The molecule has 2 aromatic rings. The standard InChI is InChI=1S/C23H27FN2O3/c1-16(19-6-9-21(28-2)22(14-19)29-3)25-23(27)18-10-12-26(13-11-18)15-17-4-7-20(24)8-5-17/h4-10,14,16H,11-13,15H2,1-3H3,(H,25,27)/t16-/m0/s1. The highest BCUT2D eigenvalue weighted by Crippen LogP contribution is 2.30. The molecule has 0 saturated heterocycles. The number of halogens is 1. The van der Waals surface area contributed by atoms with E-state index in [1.165, 1.54) is 12.1 Å². The van der Waals surface area contributed by atoms with Crippen molar-refractivity contribution in [1.29, 1.82) is 0 Å². The highest BCUT2D eigenvalue weighted by Gasteiger charge is 2.19. The average Bonchev–Trinajstić information content (AvgIpc) is 2.75. The fraction of sp³-hybridized carbons (Fsp3) is 0.348. The smallest absolute Gasteiger partial charge is 0.247 e. The van der Waals surface area contributed by atoms with Crippen molar-refractivity contribution in [3.63, 3.8) is 0 Å². The quantitative estimate of drug-likeness (QED) is 0.770. The minimum absolute atomic E-state index is 0.0475. The Morgan fingerprint density at radius 2 is 1.86 bits per heavy atom. The van der Waals surface area contributed by atoms with Crippen molar-refractivity contribution in [3.05, 3.63) is 71.1 Å². The first-order chi connectivity index (χ1) is 14.0. The molecule has 0 spiro atoms. The van der Waals surface area contributed by atoms with Gasteiger partial charge in [0.25, 0.3) is 0 Å². The van der Waals surface area contributed by atoms with Gasteiger partial charge >= 0.3 is 0 Å². The Hall–Kier alpha value is -2.86. The van der Waals surface area contributed by atoms with Gasteiger partial charge in [0.1, 0.15) is 5.82 Å². The van der Waals surface area contributed by atoms with Gasteiger partial charge in [0.05, 0.1) is 20.3 Å². The van der Waals surface area contributed by atoms with Crippen LogP contribution >= 0.6 is 0 Å². The number of rotatable bonds is 7. The molecule has 6 heteroatoms. The maximum Gasteiger partial charge on any atom is 0.247 e.